The van der Waals surface area contributed by atoms with Crippen LogP contribution in [0.15, 0.2) is 73.2 Å². The molecule has 154 valence electrons. The summed E-state index contributed by atoms with van der Waals surface area (Å²) in [5.74, 6) is -0.350. The Morgan fingerprint density at radius 3 is 2.52 bits per heavy atom. The fourth-order valence-electron chi connectivity index (χ4n) is 2.95. The molecule has 0 unspecified atom stereocenters. The standard InChI is InChI=1S/C21H16N6O4/c1-25-12-10-22-20(25)19(28)14-5-7-15(8-6-14)23-21(29)18-9-11-26(24-18)16-3-2-4-17(13-16)27(30)31/h2-13H,1H3,(H,23,29). The van der Waals surface area contributed by atoms with Gasteiger partial charge in [-0.25, -0.2) is 9.67 Å². The van der Waals surface area contributed by atoms with Crippen molar-refractivity contribution < 1.29 is 14.5 Å². The molecule has 0 saturated carbocycles. The third-order valence-electron chi connectivity index (χ3n) is 4.56. The SMILES string of the molecule is Cn1ccnc1C(=O)c1ccc(NC(=O)c2ccn(-c3cccc([N+](=O)[O-])c3)n2)cc1. The monoisotopic (exact) mass is 416 g/mol. The zero-order valence-electron chi connectivity index (χ0n) is 16.3. The number of non-ortho nitro benzene ring substituents is 1. The fraction of sp³-hybridized carbons (Fsp3) is 0.0476. The molecule has 0 bridgehead atoms. The quantitative estimate of drug-likeness (QED) is 0.293. The summed E-state index contributed by atoms with van der Waals surface area (Å²) in [6, 6.07) is 13.9. The number of carbonyl (C=O) groups is 2. The molecule has 2 aromatic heterocycles. The van der Waals surface area contributed by atoms with Gasteiger partial charge >= 0.3 is 0 Å². The minimum Gasteiger partial charge on any atom is -0.331 e. The van der Waals surface area contributed by atoms with E-state index < -0.39 is 10.8 Å². The largest absolute Gasteiger partial charge is 0.331 e. The van der Waals surface area contributed by atoms with Crippen molar-refractivity contribution in [2.24, 2.45) is 7.05 Å². The molecular weight excluding hydrogens is 400 g/mol. The molecule has 0 aliphatic rings. The van der Waals surface area contributed by atoms with E-state index in [1.165, 1.54) is 22.9 Å². The van der Waals surface area contributed by atoms with Crippen molar-refractivity contribution >= 4 is 23.1 Å². The average molecular weight is 416 g/mol. The predicted molar refractivity (Wildman–Crippen MR) is 111 cm³/mol. The van der Waals surface area contributed by atoms with Crippen LogP contribution in [0.2, 0.25) is 0 Å². The Morgan fingerprint density at radius 1 is 1.06 bits per heavy atom. The van der Waals surface area contributed by atoms with Crippen molar-refractivity contribution in [3.05, 3.63) is 100 Å². The zero-order valence-corrected chi connectivity index (χ0v) is 16.3. The Bertz CT molecular complexity index is 1290. The van der Waals surface area contributed by atoms with Gasteiger partial charge in [0.2, 0.25) is 5.78 Å². The van der Waals surface area contributed by atoms with Gasteiger partial charge in [0.15, 0.2) is 11.5 Å². The number of hydrogen-bond donors (Lipinski definition) is 1. The van der Waals surface area contributed by atoms with Gasteiger partial charge in [-0.1, -0.05) is 6.07 Å². The van der Waals surface area contributed by atoms with E-state index >= 15 is 0 Å². The highest BCUT2D eigenvalue weighted by molar-refractivity contribution is 6.07. The lowest BCUT2D eigenvalue weighted by Crippen LogP contribution is -2.13. The molecule has 1 amide bonds. The minimum absolute atomic E-state index is 0.0702. The van der Waals surface area contributed by atoms with Crippen molar-refractivity contribution in [2.75, 3.05) is 5.32 Å². The molecule has 0 radical (unpaired) electrons. The van der Waals surface area contributed by atoms with E-state index in [0.29, 0.717) is 22.8 Å². The average Bonchev–Trinajstić information content (AvgIpc) is 3.43. The van der Waals surface area contributed by atoms with Crippen LogP contribution in [-0.2, 0) is 7.05 Å². The number of anilines is 1. The second-order valence-corrected chi connectivity index (χ2v) is 6.64. The highest BCUT2D eigenvalue weighted by Crippen LogP contribution is 2.17. The van der Waals surface area contributed by atoms with Crippen molar-refractivity contribution in [1.82, 2.24) is 19.3 Å². The number of amides is 1. The number of benzene rings is 2. The van der Waals surface area contributed by atoms with E-state index in [1.807, 2.05) is 0 Å². The van der Waals surface area contributed by atoms with Gasteiger partial charge in [-0.15, -0.1) is 0 Å². The van der Waals surface area contributed by atoms with Crippen LogP contribution in [0.3, 0.4) is 0 Å². The second-order valence-electron chi connectivity index (χ2n) is 6.64. The maximum absolute atomic E-state index is 12.5. The lowest BCUT2D eigenvalue weighted by Gasteiger charge is -2.05. The maximum Gasteiger partial charge on any atom is 0.276 e. The summed E-state index contributed by atoms with van der Waals surface area (Å²) in [5.41, 5.74) is 1.47. The lowest BCUT2D eigenvalue weighted by atomic mass is 10.1. The molecule has 0 aliphatic heterocycles. The number of nitrogens with zero attached hydrogens (tertiary/aromatic N) is 5. The molecule has 0 aliphatic carbocycles. The molecule has 0 spiro atoms. The van der Waals surface area contributed by atoms with Gasteiger partial charge < -0.3 is 9.88 Å². The summed E-state index contributed by atoms with van der Waals surface area (Å²) >= 11 is 0. The second kappa shape index (κ2) is 8.03. The van der Waals surface area contributed by atoms with E-state index in [2.05, 4.69) is 15.4 Å². The number of nitro benzene ring substituents is 1. The van der Waals surface area contributed by atoms with E-state index in [9.17, 15) is 19.7 Å². The number of hydrogen-bond acceptors (Lipinski definition) is 6. The van der Waals surface area contributed by atoms with E-state index in [0.717, 1.165) is 0 Å². The first kappa shape index (κ1) is 19.7. The molecule has 10 heteroatoms. The number of rotatable bonds is 6. The molecule has 1 N–H and O–H groups in total. The third kappa shape index (κ3) is 4.08. The molecule has 31 heavy (non-hydrogen) atoms. The van der Waals surface area contributed by atoms with E-state index in [4.69, 9.17) is 0 Å². The van der Waals surface area contributed by atoms with Crippen LogP contribution >= 0.6 is 0 Å². The van der Waals surface area contributed by atoms with Crippen molar-refractivity contribution in [3.8, 4) is 5.69 Å². The Labute approximate surface area is 175 Å². The van der Waals surface area contributed by atoms with E-state index in [1.54, 1.807) is 66.6 Å². The van der Waals surface area contributed by atoms with Gasteiger partial charge in [-0.05, 0) is 36.4 Å². The van der Waals surface area contributed by atoms with Crippen LogP contribution in [0, 0.1) is 10.1 Å². The molecule has 2 aromatic carbocycles. The Morgan fingerprint density at radius 2 is 1.84 bits per heavy atom. The number of imidazole rings is 1. The molecule has 0 saturated heterocycles. The van der Waals surface area contributed by atoms with Gasteiger partial charge in [-0.2, -0.15) is 5.10 Å². The molecular formula is C21H16N6O4. The highest BCUT2D eigenvalue weighted by Gasteiger charge is 2.15. The molecule has 4 aromatic rings. The smallest absolute Gasteiger partial charge is 0.276 e. The van der Waals surface area contributed by atoms with Crippen molar-refractivity contribution in [3.63, 3.8) is 0 Å². The van der Waals surface area contributed by atoms with Crippen LogP contribution in [0.4, 0.5) is 11.4 Å². The third-order valence-corrected chi connectivity index (χ3v) is 4.56. The first-order valence-electron chi connectivity index (χ1n) is 9.16. The highest BCUT2D eigenvalue weighted by atomic mass is 16.6. The maximum atomic E-state index is 12.5. The predicted octanol–water partition coefficient (Wildman–Crippen LogP) is 3.00. The molecule has 4 rings (SSSR count). The number of nitro groups is 1. The van der Waals surface area contributed by atoms with Crippen molar-refractivity contribution in [1.29, 1.82) is 0 Å². The molecule has 2 heterocycles. The normalized spacial score (nSPS) is 10.6. The van der Waals surface area contributed by atoms with Gasteiger partial charge in [0.25, 0.3) is 11.6 Å². The molecule has 0 fully saturated rings. The number of carbonyl (C=O) groups excluding carboxylic acids is 2. The number of aryl methyl sites for hydroxylation is 1. The summed E-state index contributed by atoms with van der Waals surface area (Å²) in [6.07, 6.45) is 4.78. The Hall–Kier alpha value is -4.60. The zero-order chi connectivity index (χ0) is 22.0. The summed E-state index contributed by atoms with van der Waals surface area (Å²) in [7, 11) is 1.74. The number of aromatic nitrogens is 4. The Kier molecular flexibility index (Phi) is 5.10. The van der Waals surface area contributed by atoms with Crippen LogP contribution in [0.1, 0.15) is 26.7 Å². The minimum atomic E-state index is -0.497. The molecule has 0 atom stereocenters. The van der Waals surface area contributed by atoms with E-state index in [-0.39, 0.29) is 17.2 Å². The summed E-state index contributed by atoms with van der Waals surface area (Å²) in [4.78, 5) is 39.4. The van der Waals surface area contributed by atoms with Crippen LogP contribution in [0.5, 0.6) is 0 Å². The lowest BCUT2D eigenvalue weighted by molar-refractivity contribution is -0.384. The molecule has 10 nitrogen and oxygen atoms in total. The van der Waals surface area contributed by atoms with Gasteiger partial charge in [-0.3, -0.25) is 19.7 Å². The van der Waals surface area contributed by atoms with Crippen LogP contribution in [0.25, 0.3) is 5.69 Å². The number of nitrogens with one attached hydrogen (secondary N) is 1. The first-order valence-corrected chi connectivity index (χ1v) is 9.16. The van der Waals surface area contributed by atoms with Gasteiger partial charge in [0.05, 0.1) is 10.6 Å². The number of ketones is 1. The summed E-state index contributed by atoms with van der Waals surface area (Å²) < 4.78 is 3.02. The summed E-state index contributed by atoms with van der Waals surface area (Å²) in [6.45, 7) is 0. The summed E-state index contributed by atoms with van der Waals surface area (Å²) in [5, 5.41) is 17.8. The van der Waals surface area contributed by atoms with Gasteiger partial charge in [0.1, 0.15) is 0 Å². The fourth-order valence-corrected chi connectivity index (χ4v) is 2.95. The van der Waals surface area contributed by atoms with Crippen LogP contribution in [-0.4, -0.2) is 35.9 Å². The first-order chi connectivity index (χ1) is 14.9. The van der Waals surface area contributed by atoms with Crippen molar-refractivity contribution in [2.45, 2.75) is 0 Å². The van der Waals surface area contributed by atoms with Crippen LogP contribution < -0.4 is 5.32 Å². The Balaban J connectivity index is 1.47. The topological polar surface area (TPSA) is 125 Å². The van der Waals surface area contributed by atoms with Gasteiger partial charge in [0, 0.05) is 49.0 Å².